The Kier molecular flexibility index (Phi) is 3.56. The third-order valence-corrected chi connectivity index (χ3v) is 5.13. The number of thiophene rings is 1. The molecule has 0 bridgehead atoms. The van der Waals surface area contributed by atoms with Crippen molar-refractivity contribution >= 4 is 33.6 Å². The van der Waals surface area contributed by atoms with E-state index in [-0.39, 0.29) is 0 Å². The molecule has 0 saturated carbocycles. The van der Waals surface area contributed by atoms with Crippen LogP contribution in [0.4, 0.5) is 5.82 Å². The lowest BCUT2D eigenvalue weighted by molar-refractivity contribution is 0.700. The number of aromatic nitrogens is 2. The number of hydrazone groups is 1. The van der Waals surface area contributed by atoms with Crippen LogP contribution < -0.4 is 5.43 Å². The first-order valence-corrected chi connectivity index (χ1v) is 8.33. The van der Waals surface area contributed by atoms with Crippen LogP contribution in [0.25, 0.3) is 10.2 Å². The van der Waals surface area contributed by atoms with Gasteiger partial charge in [0.25, 0.3) is 0 Å². The third-order valence-electron chi connectivity index (χ3n) is 3.93. The number of anilines is 1. The standard InChI is InChI=1S/C17H16N4S/c1-2-6-12(7-3-1)10-20-21-16-15-13-8-4-5-9-14(13)22-17(15)19-11-18-16/h1-3,6-7,10-11H,4-5,8-9H2,(H,18,19,21)/b20-10+. The number of hydrogen-bond donors (Lipinski definition) is 1. The largest absolute Gasteiger partial charge is 0.261 e. The van der Waals surface area contributed by atoms with E-state index in [0.29, 0.717) is 0 Å². The van der Waals surface area contributed by atoms with Crippen LogP contribution >= 0.6 is 11.3 Å². The Labute approximate surface area is 132 Å². The lowest BCUT2D eigenvalue weighted by Gasteiger charge is -2.11. The van der Waals surface area contributed by atoms with E-state index in [0.717, 1.165) is 28.0 Å². The second-order valence-electron chi connectivity index (χ2n) is 5.39. The molecular formula is C17H16N4S. The minimum Gasteiger partial charge on any atom is -0.261 e. The van der Waals surface area contributed by atoms with Crippen molar-refractivity contribution < 1.29 is 0 Å². The van der Waals surface area contributed by atoms with Crippen molar-refractivity contribution in [2.24, 2.45) is 5.10 Å². The summed E-state index contributed by atoms with van der Waals surface area (Å²) in [5, 5.41) is 5.49. The third kappa shape index (κ3) is 2.48. The van der Waals surface area contributed by atoms with Gasteiger partial charge in [0, 0.05) is 4.88 Å². The van der Waals surface area contributed by atoms with Crippen molar-refractivity contribution in [1.82, 2.24) is 9.97 Å². The van der Waals surface area contributed by atoms with E-state index in [4.69, 9.17) is 0 Å². The zero-order valence-electron chi connectivity index (χ0n) is 12.1. The Bertz CT molecular complexity index is 823. The van der Waals surface area contributed by atoms with Crippen LogP contribution in [0, 0.1) is 0 Å². The maximum atomic E-state index is 4.43. The summed E-state index contributed by atoms with van der Waals surface area (Å²) in [7, 11) is 0. The van der Waals surface area contributed by atoms with Crippen LogP contribution in [0.2, 0.25) is 0 Å². The van der Waals surface area contributed by atoms with E-state index in [9.17, 15) is 0 Å². The van der Waals surface area contributed by atoms with Crippen LogP contribution in [0.1, 0.15) is 28.8 Å². The number of aryl methyl sites for hydroxylation is 2. The Morgan fingerprint density at radius 2 is 1.95 bits per heavy atom. The summed E-state index contributed by atoms with van der Waals surface area (Å²) < 4.78 is 0. The van der Waals surface area contributed by atoms with Gasteiger partial charge < -0.3 is 0 Å². The van der Waals surface area contributed by atoms with Gasteiger partial charge in [0.15, 0.2) is 5.82 Å². The quantitative estimate of drug-likeness (QED) is 0.587. The van der Waals surface area contributed by atoms with Crippen molar-refractivity contribution in [2.75, 3.05) is 5.43 Å². The molecule has 0 spiro atoms. The van der Waals surface area contributed by atoms with Crippen LogP contribution in [-0.2, 0) is 12.8 Å². The van der Waals surface area contributed by atoms with Crippen molar-refractivity contribution in [3.8, 4) is 0 Å². The number of nitrogens with one attached hydrogen (secondary N) is 1. The Balaban J connectivity index is 1.67. The molecule has 1 aromatic carbocycles. The second-order valence-corrected chi connectivity index (χ2v) is 6.48. The van der Waals surface area contributed by atoms with Gasteiger partial charge in [-0.3, -0.25) is 5.43 Å². The first kappa shape index (κ1) is 13.4. The zero-order valence-corrected chi connectivity index (χ0v) is 12.9. The normalized spacial score (nSPS) is 14.4. The first-order valence-electron chi connectivity index (χ1n) is 7.51. The van der Waals surface area contributed by atoms with E-state index in [1.54, 1.807) is 17.7 Å². The highest BCUT2D eigenvalue weighted by molar-refractivity contribution is 7.19. The lowest BCUT2D eigenvalue weighted by atomic mass is 9.97. The Morgan fingerprint density at radius 3 is 2.86 bits per heavy atom. The number of rotatable bonds is 3. The molecule has 2 heterocycles. The van der Waals surface area contributed by atoms with Gasteiger partial charge in [0.1, 0.15) is 11.2 Å². The van der Waals surface area contributed by atoms with Gasteiger partial charge in [-0.25, -0.2) is 9.97 Å². The van der Waals surface area contributed by atoms with Gasteiger partial charge in [0.2, 0.25) is 0 Å². The molecule has 0 amide bonds. The number of hydrogen-bond acceptors (Lipinski definition) is 5. The average Bonchev–Trinajstić information content (AvgIpc) is 2.95. The molecule has 4 rings (SSSR count). The maximum Gasteiger partial charge on any atom is 0.158 e. The molecule has 22 heavy (non-hydrogen) atoms. The number of benzene rings is 1. The molecule has 1 aliphatic carbocycles. The van der Waals surface area contributed by atoms with E-state index < -0.39 is 0 Å². The molecule has 110 valence electrons. The van der Waals surface area contributed by atoms with Gasteiger partial charge in [-0.05, 0) is 36.8 Å². The predicted molar refractivity (Wildman–Crippen MR) is 91.7 cm³/mol. The summed E-state index contributed by atoms with van der Waals surface area (Å²) in [6.07, 6.45) is 8.25. The molecule has 1 N–H and O–H groups in total. The Morgan fingerprint density at radius 1 is 1.09 bits per heavy atom. The monoisotopic (exact) mass is 308 g/mol. The minimum atomic E-state index is 0.816. The lowest BCUT2D eigenvalue weighted by Crippen LogP contribution is -2.00. The average molecular weight is 308 g/mol. The smallest absolute Gasteiger partial charge is 0.158 e. The fourth-order valence-corrected chi connectivity index (χ4v) is 4.11. The van der Waals surface area contributed by atoms with Crippen molar-refractivity contribution in [1.29, 1.82) is 0 Å². The van der Waals surface area contributed by atoms with Crippen molar-refractivity contribution in [3.63, 3.8) is 0 Å². The highest BCUT2D eigenvalue weighted by Crippen LogP contribution is 2.37. The van der Waals surface area contributed by atoms with E-state index in [1.165, 1.54) is 29.7 Å². The van der Waals surface area contributed by atoms with Gasteiger partial charge in [0.05, 0.1) is 11.6 Å². The molecule has 0 fully saturated rings. The van der Waals surface area contributed by atoms with Gasteiger partial charge in [-0.2, -0.15) is 5.10 Å². The molecule has 1 aliphatic rings. The van der Waals surface area contributed by atoms with Crippen LogP contribution in [0.15, 0.2) is 41.8 Å². The molecule has 0 saturated heterocycles. The summed E-state index contributed by atoms with van der Waals surface area (Å²) in [5.41, 5.74) is 5.58. The molecule has 2 aromatic heterocycles. The van der Waals surface area contributed by atoms with E-state index in [1.807, 2.05) is 36.5 Å². The molecule has 0 atom stereocenters. The topological polar surface area (TPSA) is 50.2 Å². The molecule has 4 nitrogen and oxygen atoms in total. The first-order chi connectivity index (χ1) is 10.9. The van der Waals surface area contributed by atoms with Gasteiger partial charge >= 0.3 is 0 Å². The Hall–Kier alpha value is -2.27. The molecular weight excluding hydrogens is 292 g/mol. The highest BCUT2D eigenvalue weighted by Gasteiger charge is 2.19. The van der Waals surface area contributed by atoms with Crippen molar-refractivity contribution in [2.45, 2.75) is 25.7 Å². The summed E-state index contributed by atoms with van der Waals surface area (Å²) in [5.74, 6) is 0.816. The zero-order chi connectivity index (χ0) is 14.8. The van der Waals surface area contributed by atoms with E-state index in [2.05, 4.69) is 20.5 Å². The molecule has 0 unspecified atom stereocenters. The summed E-state index contributed by atoms with van der Waals surface area (Å²) in [4.78, 5) is 11.4. The molecule has 3 aromatic rings. The summed E-state index contributed by atoms with van der Waals surface area (Å²) >= 11 is 1.80. The maximum absolute atomic E-state index is 4.43. The fourth-order valence-electron chi connectivity index (χ4n) is 2.88. The SMILES string of the molecule is C(=N\Nc1ncnc2sc3c(c12)CCCC3)/c1ccccc1. The van der Waals surface area contributed by atoms with Gasteiger partial charge in [-0.15, -0.1) is 11.3 Å². The number of nitrogens with zero attached hydrogens (tertiary/aromatic N) is 3. The predicted octanol–water partition coefficient (Wildman–Crippen LogP) is 4.02. The van der Waals surface area contributed by atoms with Crippen molar-refractivity contribution in [3.05, 3.63) is 52.7 Å². The minimum absolute atomic E-state index is 0.816. The number of fused-ring (bicyclic) bond motifs is 3. The second kappa shape index (κ2) is 5.85. The van der Waals surface area contributed by atoms with E-state index >= 15 is 0 Å². The van der Waals surface area contributed by atoms with Crippen LogP contribution in [-0.4, -0.2) is 16.2 Å². The molecule has 5 heteroatoms. The molecule has 0 aliphatic heterocycles. The molecule has 0 radical (unpaired) electrons. The van der Waals surface area contributed by atoms with Crippen LogP contribution in [0.5, 0.6) is 0 Å². The fraction of sp³-hybridized carbons (Fsp3) is 0.235. The summed E-state index contributed by atoms with van der Waals surface area (Å²) in [6, 6.07) is 10.0. The van der Waals surface area contributed by atoms with Crippen LogP contribution in [0.3, 0.4) is 0 Å². The van der Waals surface area contributed by atoms with Gasteiger partial charge in [-0.1, -0.05) is 30.3 Å². The highest BCUT2D eigenvalue weighted by atomic mass is 32.1. The summed E-state index contributed by atoms with van der Waals surface area (Å²) in [6.45, 7) is 0.